The molecule has 3 rings (SSSR count). The average Bonchev–Trinajstić information content (AvgIpc) is 3.00. The van der Waals surface area contributed by atoms with Crippen molar-refractivity contribution in [2.24, 2.45) is 0 Å². The molecule has 0 saturated carbocycles. The van der Waals surface area contributed by atoms with E-state index in [-0.39, 0.29) is 30.1 Å². The summed E-state index contributed by atoms with van der Waals surface area (Å²) in [5, 5.41) is 0.942. The van der Waals surface area contributed by atoms with E-state index >= 15 is 0 Å². The van der Waals surface area contributed by atoms with Crippen LogP contribution in [0.2, 0.25) is 10.0 Å². The molecule has 0 aliphatic carbocycles. The normalized spacial score (nSPS) is 18.0. The highest BCUT2D eigenvalue weighted by atomic mass is 35.5. The smallest absolute Gasteiger partial charge is 0.254 e. The maximum Gasteiger partial charge on any atom is 0.254 e. The number of carbonyl (C=O) groups excluding carboxylic acids is 1. The van der Waals surface area contributed by atoms with Crippen molar-refractivity contribution in [3.63, 3.8) is 0 Å². The number of carbonyl (C=O) groups is 1. The molecule has 2 aromatic carbocycles. The molecule has 5 nitrogen and oxygen atoms in total. The van der Waals surface area contributed by atoms with E-state index in [0.717, 1.165) is 0 Å². The molecule has 1 aliphatic heterocycles. The highest BCUT2D eigenvalue weighted by Crippen LogP contribution is 2.27. The lowest BCUT2D eigenvalue weighted by molar-refractivity contribution is 0.0681. The van der Waals surface area contributed by atoms with Crippen LogP contribution in [-0.2, 0) is 16.4 Å². The van der Waals surface area contributed by atoms with Gasteiger partial charge in [0.1, 0.15) is 5.75 Å². The predicted molar refractivity (Wildman–Crippen MR) is 116 cm³/mol. The van der Waals surface area contributed by atoms with Gasteiger partial charge in [-0.3, -0.25) is 4.79 Å². The molecule has 1 amide bonds. The minimum atomic E-state index is -3.15. The van der Waals surface area contributed by atoms with Gasteiger partial charge in [-0.1, -0.05) is 29.3 Å². The SMILES string of the molecule is CC(C)Oc1ccc(C(=O)N(Cc2ccc(Cl)cc2Cl)[C@H]2CCS(=O)(=O)C2)cc1. The molecule has 1 heterocycles. The Bertz CT molecular complexity index is 990. The van der Waals surface area contributed by atoms with Gasteiger partial charge in [-0.2, -0.15) is 0 Å². The summed E-state index contributed by atoms with van der Waals surface area (Å²) < 4.78 is 29.7. The van der Waals surface area contributed by atoms with Gasteiger partial charge in [0, 0.05) is 28.2 Å². The predicted octanol–water partition coefficient (Wildman–Crippen LogP) is 4.61. The first-order chi connectivity index (χ1) is 13.6. The van der Waals surface area contributed by atoms with E-state index in [2.05, 4.69) is 0 Å². The fraction of sp³-hybridized carbons (Fsp3) is 0.381. The van der Waals surface area contributed by atoms with E-state index < -0.39 is 15.9 Å². The lowest BCUT2D eigenvalue weighted by Crippen LogP contribution is -2.40. The molecule has 0 unspecified atom stereocenters. The summed E-state index contributed by atoms with van der Waals surface area (Å²) in [5.41, 5.74) is 1.18. The van der Waals surface area contributed by atoms with Crippen LogP contribution < -0.4 is 4.74 Å². The Labute approximate surface area is 181 Å². The molecule has 1 fully saturated rings. The molecular weight excluding hydrogens is 433 g/mol. The summed E-state index contributed by atoms with van der Waals surface area (Å²) in [7, 11) is -3.15. The third-order valence-corrected chi connectivity index (χ3v) is 7.08. The van der Waals surface area contributed by atoms with Crippen LogP contribution in [0.15, 0.2) is 42.5 Å². The molecule has 0 spiro atoms. The summed E-state index contributed by atoms with van der Waals surface area (Å²) in [6, 6.07) is 11.6. The number of ether oxygens (including phenoxy) is 1. The summed E-state index contributed by atoms with van der Waals surface area (Å²) in [4.78, 5) is 14.9. The van der Waals surface area contributed by atoms with E-state index in [1.54, 1.807) is 47.4 Å². The summed E-state index contributed by atoms with van der Waals surface area (Å²) in [6.07, 6.45) is 0.442. The van der Waals surface area contributed by atoms with Gasteiger partial charge in [0.05, 0.1) is 17.6 Å². The van der Waals surface area contributed by atoms with Crippen molar-refractivity contribution in [3.8, 4) is 5.75 Å². The zero-order valence-electron chi connectivity index (χ0n) is 16.3. The lowest BCUT2D eigenvalue weighted by atomic mass is 10.1. The molecule has 0 bridgehead atoms. The van der Waals surface area contributed by atoms with Crippen LogP contribution in [-0.4, -0.2) is 42.9 Å². The van der Waals surface area contributed by atoms with Crippen LogP contribution in [0.5, 0.6) is 5.75 Å². The number of rotatable bonds is 6. The largest absolute Gasteiger partial charge is 0.491 e. The fourth-order valence-electron chi connectivity index (χ4n) is 3.34. The highest BCUT2D eigenvalue weighted by molar-refractivity contribution is 7.91. The van der Waals surface area contributed by atoms with Crippen LogP contribution in [0.1, 0.15) is 36.2 Å². The third-order valence-electron chi connectivity index (χ3n) is 4.74. The molecule has 29 heavy (non-hydrogen) atoms. The van der Waals surface area contributed by atoms with E-state index in [1.165, 1.54) is 0 Å². The van der Waals surface area contributed by atoms with Crippen molar-refractivity contribution < 1.29 is 17.9 Å². The number of hydrogen-bond acceptors (Lipinski definition) is 4. The van der Waals surface area contributed by atoms with Crippen molar-refractivity contribution in [2.45, 2.75) is 39.0 Å². The Morgan fingerprint density at radius 1 is 1.17 bits per heavy atom. The van der Waals surface area contributed by atoms with Crippen LogP contribution in [0.3, 0.4) is 0 Å². The van der Waals surface area contributed by atoms with Crippen LogP contribution in [0.4, 0.5) is 0 Å². The molecule has 1 atom stereocenters. The molecule has 1 aliphatic rings. The molecular formula is C21H23Cl2NO4S. The molecule has 8 heteroatoms. The second-order valence-electron chi connectivity index (χ2n) is 7.42. The van der Waals surface area contributed by atoms with Gasteiger partial charge < -0.3 is 9.64 Å². The van der Waals surface area contributed by atoms with Gasteiger partial charge in [0.25, 0.3) is 5.91 Å². The van der Waals surface area contributed by atoms with Gasteiger partial charge >= 0.3 is 0 Å². The van der Waals surface area contributed by atoms with Crippen molar-refractivity contribution in [1.82, 2.24) is 4.90 Å². The maximum absolute atomic E-state index is 13.3. The fourth-order valence-corrected chi connectivity index (χ4v) is 5.53. The first kappa shape index (κ1) is 21.9. The van der Waals surface area contributed by atoms with Crippen LogP contribution in [0.25, 0.3) is 0 Å². The summed E-state index contributed by atoms with van der Waals surface area (Å²) in [6.45, 7) is 4.06. The monoisotopic (exact) mass is 455 g/mol. The zero-order chi connectivity index (χ0) is 21.2. The number of amides is 1. The van der Waals surface area contributed by atoms with E-state index in [9.17, 15) is 13.2 Å². The summed E-state index contributed by atoms with van der Waals surface area (Å²) in [5.74, 6) is 0.469. The molecule has 2 aromatic rings. The van der Waals surface area contributed by atoms with Gasteiger partial charge in [-0.05, 0) is 62.2 Å². The number of halogens is 2. The average molecular weight is 456 g/mol. The van der Waals surface area contributed by atoms with Crippen molar-refractivity contribution >= 4 is 38.9 Å². The van der Waals surface area contributed by atoms with Crippen molar-refractivity contribution in [1.29, 1.82) is 0 Å². The van der Waals surface area contributed by atoms with Gasteiger partial charge in [0.2, 0.25) is 0 Å². The molecule has 1 saturated heterocycles. The minimum Gasteiger partial charge on any atom is -0.491 e. The van der Waals surface area contributed by atoms with Gasteiger partial charge in [-0.15, -0.1) is 0 Å². The topological polar surface area (TPSA) is 63.7 Å². The molecule has 0 N–H and O–H groups in total. The van der Waals surface area contributed by atoms with Crippen molar-refractivity contribution in [2.75, 3.05) is 11.5 Å². The molecule has 0 aromatic heterocycles. The second kappa shape index (κ2) is 8.94. The second-order valence-corrected chi connectivity index (χ2v) is 10.5. The van der Waals surface area contributed by atoms with E-state index in [4.69, 9.17) is 27.9 Å². The third kappa shape index (κ3) is 5.65. The molecule has 0 radical (unpaired) electrons. The quantitative estimate of drug-likeness (QED) is 0.637. The Hall–Kier alpha value is -1.76. The van der Waals surface area contributed by atoms with Crippen LogP contribution >= 0.6 is 23.2 Å². The zero-order valence-corrected chi connectivity index (χ0v) is 18.6. The Morgan fingerprint density at radius 2 is 1.86 bits per heavy atom. The number of benzene rings is 2. The Kier molecular flexibility index (Phi) is 6.76. The highest BCUT2D eigenvalue weighted by Gasteiger charge is 2.35. The number of hydrogen-bond donors (Lipinski definition) is 0. The maximum atomic E-state index is 13.3. The number of nitrogens with zero attached hydrogens (tertiary/aromatic N) is 1. The first-order valence-corrected chi connectivity index (χ1v) is 11.9. The number of sulfone groups is 1. The van der Waals surface area contributed by atoms with Crippen LogP contribution in [0, 0.1) is 0 Å². The lowest BCUT2D eigenvalue weighted by Gasteiger charge is -2.29. The van der Waals surface area contributed by atoms with Gasteiger partial charge in [-0.25, -0.2) is 8.42 Å². The standard InChI is InChI=1S/C21H23Cl2NO4S/c1-14(2)28-19-7-4-15(5-8-19)21(25)24(18-9-10-29(26,27)13-18)12-16-3-6-17(22)11-20(16)23/h3-8,11,14,18H,9-10,12-13H2,1-2H3/t18-/m0/s1. The minimum absolute atomic E-state index is 0.0313. The van der Waals surface area contributed by atoms with E-state index in [1.807, 2.05) is 13.8 Å². The Balaban J connectivity index is 1.88. The summed E-state index contributed by atoms with van der Waals surface area (Å²) >= 11 is 12.3. The molecule has 156 valence electrons. The van der Waals surface area contributed by atoms with Crippen molar-refractivity contribution in [3.05, 3.63) is 63.6 Å². The van der Waals surface area contributed by atoms with E-state index in [0.29, 0.717) is 33.3 Å². The first-order valence-electron chi connectivity index (χ1n) is 9.36. The van der Waals surface area contributed by atoms with Gasteiger partial charge in [0.15, 0.2) is 9.84 Å². The Morgan fingerprint density at radius 3 is 2.41 bits per heavy atom.